The van der Waals surface area contributed by atoms with E-state index in [-0.39, 0.29) is 5.91 Å². The molecule has 0 spiro atoms. The summed E-state index contributed by atoms with van der Waals surface area (Å²) in [5.74, 6) is 2.18. The molecule has 3 aromatic heterocycles. The molecule has 0 aliphatic heterocycles. The maximum Gasteiger partial charge on any atom is 0.252 e. The third-order valence-electron chi connectivity index (χ3n) is 3.90. The lowest BCUT2D eigenvalue weighted by atomic mass is 10.2. The molecule has 6 nitrogen and oxygen atoms in total. The van der Waals surface area contributed by atoms with Crippen LogP contribution in [0.2, 0.25) is 0 Å². The van der Waals surface area contributed by atoms with E-state index in [9.17, 15) is 4.79 Å². The Balaban J connectivity index is 1.59. The standard InChI is InChI=1S/C16H16N4O2/c21-16(17-9-11-3-4-11)12-5-6-14-18-19-15(20(14)10-12)8-13-2-1-7-22-13/h1-2,5-7,10-11H,3-4,8-9H2,(H,17,21). The quantitative estimate of drug-likeness (QED) is 0.782. The van der Waals surface area contributed by atoms with Crippen LogP contribution in [-0.4, -0.2) is 27.0 Å². The molecule has 1 aliphatic carbocycles. The largest absolute Gasteiger partial charge is 0.469 e. The van der Waals surface area contributed by atoms with Crippen LogP contribution in [0.4, 0.5) is 0 Å². The van der Waals surface area contributed by atoms with E-state index in [0.717, 1.165) is 23.8 Å². The van der Waals surface area contributed by atoms with Crippen LogP contribution in [0.1, 0.15) is 34.8 Å². The van der Waals surface area contributed by atoms with Gasteiger partial charge in [0.1, 0.15) is 11.6 Å². The predicted octanol–water partition coefficient (Wildman–Crippen LogP) is 2.05. The summed E-state index contributed by atoms with van der Waals surface area (Å²) in [5.41, 5.74) is 1.34. The second-order valence-electron chi connectivity index (χ2n) is 5.67. The van der Waals surface area contributed by atoms with Crippen molar-refractivity contribution in [2.75, 3.05) is 6.54 Å². The fraction of sp³-hybridized carbons (Fsp3) is 0.312. The van der Waals surface area contributed by atoms with E-state index in [4.69, 9.17) is 4.42 Å². The molecular weight excluding hydrogens is 280 g/mol. The lowest BCUT2D eigenvalue weighted by Gasteiger charge is -2.05. The molecule has 3 aromatic rings. The Kier molecular flexibility index (Phi) is 3.14. The molecule has 1 fully saturated rings. The fourth-order valence-corrected chi connectivity index (χ4v) is 2.42. The Bertz CT molecular complexity index is 803. The number of pyridine rings is 1. The van der Waals surface area contributed by atoms with Gasteiger partial charge in [-0.1, -0.05) is 0 Å². The second kappa shape index (κ2) is 5.29. The highest BCUT2D eigenvalue weighted by molar-refractivity contribution is 5.94. The number of nitrogens with one attached hydrogen (secondary N) is 1. The summed E-state index contributed by atoms with van der Waals surface area (Å²) in [6.07, 6.45) is 6.41. The number of hydrogen-bond acceptors (Lipinski definition) is 4. The van der Waals surface area contributed by atoms with E-state index in [0.29, 0.717) is 17.9 Å². The van der Waals surface area contributed by atoms with Gasteiger partial charge in [0, 0.05) is 12.7 Å². The molecule has 0 saturated heterocycles. The molecule has 0 unspecified atom stereocenters. The molecule has 4 rings (SSSR count). The van der Waals surface area contributed by atoms with Crippen molar-refractivity contribution in [3.8, 4) is 0 Å². The third kappa shape index (κ3) is 2.59. The number of fused-ring (bicyclic) bond motifs is 1. The number of nitrogens with zero attached hydrogens (tertiary/aromatic N) is 3. The minimum absolute atomic E-state index is 0.0496. The Morgan fingerprint density at radius 3 is 3.00 bits per heavy atom. The zero-order valence-electron chi connectivity index (χ0n) is 12.0. The SMILES string of the molecule is O=C(NCC1CC1)c1ccc2nnc(Cc3ccco3)n2c1. The van der Waals surface area contributed by atoms with Crippen molar-refractivity contribution in [2.24, 2.45) is 5.92 Å². The van der Waals surface area contributed by atoms with Gasteiger partial charge < -0.3 is 9.73 Å². The van der Waals surface area contributed by atoms with Crippen LogP contribution in [0.5, 0.6) is 0 Å². The van der Waals surface area contributed by atoms with Crippen LogP contribution in [0.15, 0.2) is 41.1 Å². The summed E-state index contributed by atoms with van der Waals surface area (Å²) in [7, 11) is 0. The van der Waals surface area contributed by atoms with E-state index in [1.54, 1.807) is 18.5 Å². The van der Waals surface area contributed by atoms with E-state index < -0.39 is 0 Å². The highest BCUT2D eigenvalue weighted by Gasteiger charge is 2.22. The van der Waals surface area contributed by atoms with Gasteiger partial charge in [0.15, 0.2) is 5.65 Å². The van der Waals surface area contributed by atoms with Gasteiger partial charge >= 0.3 is 0 Å². The molecule has 112 valence electrons. The van der Waals surface area contributed by atoms with Crippen LogP contribution < -0.4 is 5.32 Å². The smallest absolute Gasteiger partial charge is 0.252 e. The number of carbonyl (C=O) groups is 1. The predicted molar refractivity (Wildman–Crippen MR) is 79.6 cm³/mol. The average molecular weight is 296 g/mol. The molecule has 1 aliphatic rings. The first-order chi connectivity index (χ1) is 10.8. The highest BCUT2D eigenvalue weighted by atomic mass is 16.3. The van der Waals surface area contributed by atoms with Crippen molar-refractivity contribution < 1.29 is 9.21 Å². The normalized spacial score (nSPS) is 14.4. The van der Waals surface area contributed by atoms with E-state index in [1.807, 2.05) is 22.6 Å². The lowest BCUT2D eigenvalue weighted by Crippen LogP contribution is -2.25. The number of carbonyl (C=O) groups excluding carboxylic acids is 1. The molecule has 1 N–H and O–H groups in total. The summed E-state index contributed by atoms with van der Waals surface area (Å²) in [5, 5.41) is 11.3. The van der Waals surface area contributed by atoms with E-state index >= 15 is 0 Å². The molecule has 6 heteroatoms. The molecule has 22 heavy (non-hydrogen) atoms. The average Bonchev–Trinajstić information content (AvgIpc) is 3.07. The van der Waals surface area contributed by atoms with Crippen molar-refractivity contribution >= 4 is 11.6 Å². The Morgan fingerprint density at radius 1 is 1.32 bits per heavy atom. The third-order valence-corrected chi connectivity index (χ3v) is 3.90. The molecule has 1 saturated carbocycles. The van der Waals surface area contributed by atoms with Gasteiger partial charge in [-0.05, 0) is 43.0 Å². The zero-order valence-corrected chi connectivity index (χ0v) is 12.0. The van der Waals surface area contributed by atoms with Gasteiger partial charge in [-0.2, -0.15) is 0 Å². The van der Waals surface area contributed by atoms with Crippen molar-refractivity contribution in [1.29, 1.82) is 0 Å². The van der Waals surface area contributed by atoms with Crippen LogP contribution in [-0.2, 0) is 6.42 Å². The molecular formula is C16H16N4O2. The summed E-state index contributed by atoms with van der Waals surface area (Å²) in [6, 6.07) is 7.33. The summed E-state index contributed by atoms with van der Waals surface area (Å²) in [4.78, 5) is 12.2. The van der Waals surface area contributed by atoms with Crippen molar-refractivity contribution in [3.63, 3.8) is 0 Å². The Labute approximate surface area is 127 Å². The van der Waals surface area contributed by atoms with Gasteiger partial charge in [-0.25, -0.2) is 0 Å². The van der Waals surface area contributed by atoms with Crippen LogP contribution in [0.25, 0.3) is 5.65 Å². The fourth-order valence-electron chi connectivity index (χ4n) is 2.42. The molecule has 1 amide bonds. The number of rotatable bonds is 5. The Morgan fingerprint density at radius 2 is 2.23 bits per heavy atom. The van der Waals surface area contributed by atoms with Crippen LogP contribution in [0.3, 0.4) is 0 Å². The first-order valence-corrected chi connectivity index (χ1v) is 7.44. The summed E-state index contributed by atoms with van der Waals surface area (Å²) in [6.45, 7) is 0.762. The maximum atomic E-state index is 12.2. The first-order valence-electron chi connectivity index (χ1n) is 7.44. The highest BCUT2D eigenvalue weighted by Crippen LogP contribution is 2.27. The number of furan rings is 1. The van der Waals surface area contributed by atoms with E-state index in [2.05, 4.69) is 15.5 Å². The molecule has 0 aromatic carbocycles. The second-order valence-corrected chi connectivity index (χ2v) is 5.67. The molecule has 3 heterocycles. The van der Waals surface area contributed by atoms with Gasteiger partial charge in [-0.3, -0.25) is 9.20 Å². The molecule has 0 atom stereocenters. The topological polar surface area (TPSA) is 72.4 Å². The van der Waals surface area contributed by atoms with Crippen molar-refractivity contribution in [1.82, 2.24) is 19.9 Å². The monoisotopic (exact) mass is 296 g/mol. The van der Waals surface area contributed by atoms with Crippen molar-refractivity contribution in [2.45, 2.75) is 19.3 Å². The van der Waals surface area contributed by atoms with E-state index in [1.165, 1.54) is 12.8 Å². The zero-order chi connectivity index (χ0) is 14.9. The maximum absolute atomic E-state index is 12.2. The van der Waals surface area contributed by atoms with Crippen LogP contribution >= 0.6 is 0 Å². The minimum atomic E-state index is -0.0496. The van der Waals surface area contributed by atoms with Gasteiger partial charge in [0.25, 0.3) is 5.91 Å². The lowest BCUT2D eigenvalue weighted by molar-refractivity contribution is 0.0951. The number of aromatic nitrogens is 3. The summed E-state index contributed by atoms with van der Waals surface area (Å²) < 4.78 is 7.19. The van der Waals surface area contributed by atoms with Gasteiger partial charge in [0.2, 0.25) is 0 Å². The molecule has 0 radical (unpaired) electrons. The first kappa shape index (κ1) is 13.1. The summed E-state index contributed by atoms with van der Waals surface area (Å²) >= 11 is 0. The molecule has 0 bridgehead atoms. The minimum Gasteiger partial charge on any atom is -0.469 e. The number of hydrogen-bond donors (Lipinski definition) is 1. The van der Waals surface area contributed by atoms with Crippen molar-refractivity contribution in [3.05, 3.63) is 53.9 Å². The van der Waals surface area contributed by atoms with Gasteiger partial charge in [0.05, 0.1) is 18.2 Å². The van der Waals surface area contributed by atoms with Crippen LogP contribution in [0, 0.1) is 5.92 Å². The number of amides is 1. The van der Waals surface area contributed by atoms with Gasteiger partial charge in [-0.15, -0.1) is 10.2 Å². The Hall–Kier alpha value is -2.63.